The van der Waals surface area contributed by atoms with Gasteiger partial charge in [0.05, 0.1) is 13.2 Å². The van der Waals surface area contributed by atoms with Crippen molar-refractivity contribution in [1.29, 1.82) is 0 Å². The largest absolute Gasteiger partial charge is 0.491 e. The van der Waals surface area contributed by atoms with E-state index in [0.29, 0.717) is 13.2 Å². The fourth-order valence-electron chi connectivity index (χ4n) is 3.61. The minimum absolute atomic E-state index is 0.0130. The maximum absolute atomic E-state index is 5.88. The van der Waals surface area contributed by atoms with Crippen molar-refractivity contribution in [2.75, 3.05) is 26.4 Å². The highest BCUT2D eigenvalue weighted by Gasteiger charge is 2.36. The number of hydrogen-bond acceptors (Lipinski definition) is 4. The maximum atomic E-state index is 5.88. The molecule has 2 unspecified atom stereocenters. The van der Waals surface area contributed by atoms with Crippen LogP contribution in [0.25, 0.3) is 11.1 Å². The molecule has 5 rings (SSSR count). The molecule has 0 saturated carbocycles. The molecule has 0 bridgehead atoms. The number of benzene rings is 2. The molecule has 4 heteroatoms. The van der Waals surface area contributed by atoms with E-state index in [-0.39, 0.29) is 17.6 Å². The summed E-state index contributed by atoms with van der Waals surface area (Å²) in [6, 6.07) is 12.8. The number of rotatable bonds is 6. The van der Waals surface area contributed by atoms with E-state index in [1.165, 1.54) is 22.3 Å². The van der Waals surface area contributed by atoms with Crippen molar-refractivity contribution >= 4 is 0 Å². The van der Waals surface area contributed by atoms with Crippen molar-refractivity contribution in [1.82, 2.24) is 0 Å². The van der Waals surface area contributed by atoms with Crippen LogP contribution in [0.1, 0.15) is 25.0 Å². The van der Waals surface area contributed by atoms with E-state index in [1.54, 1.807) is 0 Å². The molecule has 130 valence electrons. The van der Waals surface area contributed by atoms with Crippen molar-refractivity contribution in [3.63, 3.8) is 0 Å². The van der Waals surface area contributed by atoms with Gasteiger partial charge in [-0.05, 0) is 46.5 Å². The van der Waals surface area contributed by atoms with Gasteiger partial charge in [-0.15, -0.1) is 0 Å². The Labute approximate surface area is 147 Å². The lowest BCUT2D eigenvalue weighted by atomic mass is 9.82. The first-order chi connectivity index (χ1) is 12.1. The molecule has 0 N–H and O–H groups in total. The first kappa shape index (κ1) is 15.2. The summed E-state index contributed by atoms with van der Waals surface area (Å²) in [4.78, 5) is 0. The predicted molar refractivity (Wildman–Crippen MR) is 94.5 cm³/mol. The van der Waals surface area contributed by atoms with Gasteiger partial charge in [-0.2, -0.15) is 0 Å². The van der Waals surface area contributed by atoms with Gasteiger partial charge in [0.25, 0.3) is 0 Å². The lowest BCUT2D eigenvalue weighted by Crippen LogP contribution is -2.15. The highest BCUT2D eigenvalue weighted by molar-refractivity contribution is 5.82. The topological polar surface area (TPSA) is 43.5 Å². The summed E-state index contributed by atoms with van der Waals surface area (Å²) in [6.45, 7) is 7.42. The Morgan fingerprint density at radius 1 is 0.840 bits per heavy atom. The first-order valence-electron chi connectivity index (χ1n) is 8.89. The van der Waals surface area contributed by atoms with Crippen LogP contribution in [-0.4, -0.2) is 38.6 Å². The standard InChI is InChI=1S/C21H22O4/c1-21(2)19-5-3-13(22-9-15-11-24-15)7-17(19)18-8-14(4-6-20(18)21)23-10-16-12-25-16/h3-8,15-16H,9-12H2,1-2H3. The average Bonchev–Trinajstić information content (AvgIpc) is 3.52. The molecule has 2 saturated heterocycles. The molecule has 2 atom stereocenters. The van der Waals surface area contributed by atoms with E-state index in [2.05, 4.69) is 50.2 Å². The van der Waals surface area contributed by atoms with Gasteiger partial charge in [0.1, 0.15) is 36.9 Å². The summed E-state index contributed by atoms with van der Waals surface area (Å²) in [7, 11) is 0. The Morgan fingerprint density at radius 2 is 1.28 bits per heavy atom. The zero-order valence-electron chi connectivity index (χ0n) is 14.6. The van der Waals surface area contributed by atoms with Crippen molar-refractivity contribution in [3.05, 3.63) is 47.5 Å². The van der Waals surface area contributed by atoms with Crippen LogP contribution < -0.4 is 9.47 Å². The van der Waals surface area contributed by atoms with Crippen LogP contribution in [0, 0.1) is 0 Å². The SMILES string of the molecule is CC1(C)c2ccc(OCC3CO3)cc2-c2cc(OCC3CO3)ccc21. The number of epoxide rings is 2. The maximum Gasteiger partial charge on any atom is 0.120 e. The van der Waals surface area contributed by atoms with Gasteiger partial charge in [0.15, 0.2) is 0 Å². The van der Waals surface area contributed by atoms with Gasteiger partial charge in [-0.3, -0.25) is 0 Å². The second-order valence-electron chi connectivity index (χ2n) is 7.57. The third-order valence-corrected chi connectivity index (χ3v) is 5.30. The second-order valence-corrected chi connectivity index (χ2v) is 7.57. The zero-order valence-corrected chi connectivity index (χ0v) is 14.6. The van der Waals surface area contributed by atoms with Crippen LogP contribution in [0.5, 0.6) is 11.5 Å². The molecule has 2 fully saturated rings. The first-order valence-corrected chi connectivity index (χ1v) is 8.89. The molecule has 0 amide bonds. The van der Waals surface area contributed by atoms with Gasteiger partial charge in [-0.1, -0.05) is 26.0 Å². The molecule has 2 aliphatic heterocycles. The van der Waals surface area contributed by atoms with Gasteiger partial charge >= 0.3 is 0 Å². The Bertz CT molecular complexity index is 751. The minimum atomic E-state index is -0.0130. The van der Waals surface area contributed by atoms with E-state index in [0.717, 1.165) is 24.7 Å². The molecular weight excluding hydrogens is 316 g/mol. The molecule has 2 heterocycles. The minimum Gasteiger partial charge on any atom is -0.491 e. The molecular formula is C21H22O4. The second kappa shape index (κ2) is 5.48. The lowest BCUT2D eigenvalue weighted by Gasteiger charge is -2.21. The number of ether oxygens (including phenoxy) is 4. The molecule has 2 aromatic carbocycles. The van der Waals surface area contributed by atoms with E-state index < -0.39 is 0 Å². The van der Waals surface area contributed by atoms with E-state index in [4.69, 9.17) is 18.9 Å². The zero-order chi connectivity index (χ0) is 17.0. The Morgan fingerprint density at radius 3 is 1.68 bits per heavy atom. The van der Waals surface area contributed by atoms with Crippen LogP contribution in [0.3, 0.4) is 0 Å². The average molecular weight is 338 g/mol. The third kappa shape index (κ3) is 2.79. The van der Waals surface area contributed by atoms with E-state index in [9.17, 15) is 0 Å². The van der Waals surface area contributed by atoms with Gasteiger partial charge in [0, 0.05) is 5.41 Å². The third-order valence-electron chi connectivity index (χ3n) is 5.30. The molecule has 0 spiro atoms. The lowest BCUT2D eigenvalue weighted by molar-refractivity contribution is 0.263. The summed E-state index contributed by atoms with van der Waals surface area (Å²) >= 11 is 0. The highest BCUT2D eigenvalue weighted by Crippen LogP contribution is 2.50. The van der Waals surface area contributed by atoms with Crippen LogP contribution >= 0.6 is 0 Å². The van der Waals surface area contributed by atoms with Crippen LogP contribution in [0.2, 0.25) is 0 Å². The van der Waals surface area contributed by atoms with Gasteiger partial charge < -0.3 is 18.9 Å². The van der Waals surface area contributed by atoms with Crippen molar-refractivity contribution in [2.24, 2.45) is 0 Å². The summed E-state index contributed by atoms with van der Waals surface area (Å²) in [5.41, 5.74) is 5.13. The van der Waals surface area contributed by atoms with Crippen LogP contribution in [0.15, 0.2) is 36.4 Å². The summed E-state index contributed by atoms with van der Waals surface area (Å²) in [5.74, 6) is 1.80. The van der Waals surface area contributed by atoms with Gasteiger partial charge in [0.2, 0.25) is 0 Å². The number of fused-ring (bicyclic) bond motifs is 3. The summed E-state index contributed by atoms with van der Waals surface area (Å²) in [5, 5.41) is 0. The van der Waals surface area contributed by atoms with E-state index >= 15 is 0 Å². The molecule has 3 aliphatic rings. The molecule has 0 aromatic heterocycles. The quantitative estimate of drug-likeness (QED) is 0.756. The predicted octanol–water partition coefficient (Wildman–Crippen LogP) is 3.55. The van der Waals surface area contributed by atoms with Gasteiger partial charge in [-0.25, -0.2) is 0 Å². The summed E-state index contributed by atoms with van der Waals surface area (Å²) in [6.07, 6.45) is 0.531. The Balaban J connectivity index is 1.48. The van der Waals surface area contributed by atoms with Crippen LogP contribution in [-0.2, 0) is 14.9 Å². The molecule has 1 aliphatic carbocycles. The van der Waals surface area contributed by atoms with Crippen molar-refractivity contribution < 1.29 is 18.9 Å². The molecule has 0 radical (unpaired) electrons. The number of hydrogen-bond donors (Lipinski definition) is 0. The van der Waals surface area contributed by atoms with E-state index in [1.807, 2.05) is 0 Å². The highest BCUT2D eigenvalue weighted by atomic mass is 16.6. The van der Waals surface area contributed by atoms with Crippen LogP contribution in [0.4, 0.5) is 0 Å². The van der Waals surface area contributed by atoms with Crippen molar-refractivity contribution in [3.8, 4) is 22.6 Å². The fraction of sp³-hybridized carbons (Fsp3) is 0.429. The summed E-state index contributed by atoms with van der Waals surface area (Å²) < 4.78 is 22.2. The molecule has 25 heavy (non-hydrogen) atoms. The van der Waals surface area contributed by atoms with Crippen molar-refractivity contribution in [2.45, 2.75) is 31.5 Å². The fourth-order valence-corrected chi connectivity index (χ4v) is 3.61. The normalized spacial score (nSPS) is 24.4. The molecule has 4 nitrogen and oxygen atoms in total. The Kier molecular flexibility index (Phi) is 3.34. The Hall–Kier alpha value is -2.04. The smallest absolute Gasteiger partial charge is 0.120 e. The molecule has 2 aromatic rings. The monoisotopic (exact) mass is 338 g/mol.